The Morgan fingerprint density at radius 1 is 1.21 bits per heavy atom. The lowest BCUT2D eigenvalue weighted by Crippen LogP contribution is -2.15. The van der Waals surface area contributed by atoms with Crippen molar-refractivity contribution in [2.75, 3.05) is 12.4 Å². The molecule has 0 aliphatic carbocycles. The Balaban J connectivity index is 1.86. The number of ether oxygens (including phenoxy) is 1. The summed E-state index contributed by atoms with van der Waals surface area (Å²) >= 11 is 0. The average molecular weight is 326 g/mol. The zero-order chi connectivity index (χ0) is 17.3. The smallest absolute Gasteiger partial charge is 0.228 e. The maximum atomic E-state index is 13.5. The van der Waals surface area contributed by atoms with Crippen molar-refractivity contribution in [3.05, 3.63) is 59.0 Å². The van der Waals surface area contributed by atoms with Gasteiger partial charge in [-0.2, -0.15) is 0 Å². The number of benzene rings is 2. The van der Waals surface area contributed by atoms with Gasteiger partial charge in [0.05, 0.1) is 19.2 Å². The molecule has 4 nitrogen and oxygen atoms in total. The number of nitrogens with one attached hydrogen (secondary N) is 2. The van der Waals surface area contributed by atoms with Gasteiger partial charge in [0, 0.05) is 16.6 Å². The van der Waals surface area contributed by atoms with Gasteiger partial charge in [-0.3, -0.25) is 4.79 Å². The van der Waals surface area contributed by atoms with Crippen LogP contribution in [0.1, 0.15) is 16.8 Å². The molecule has 0 radical (unpaired) electrons. The second kappa shape index (κ2) is 6.35. The molecular weight excluding hydrogens is 307 g/mol. The predicted octanol–water partition coefficient (Wildman–Crippen LogP) is 4.11. The van der Waals surface area contributed by atoms with E-state index >= 15 is 0 Å². The quantitative estimate of drug-likeness (QED) is 0.758. The highest BCUT2D eigenvalue weighted by atomic mass is 19.1. The summed E-state index contributed by atoms with van der Waals surface area (Å²) < 4.78 is 18.8. The summed E-state index contributed by atoms with van der Waals surface area (Å²) in [6, 6.07) is 10.1. The number of methoxy groups -OCH3 is 1. The van der Waals surface area contributed by atoms with E-state index in [1.807, 2.05) is 32.0 Å². The number of fused-ring (bicyclic) bond motifs is 1. The number of carbonyl (C=O) groups excluding carboxylic acids is 1. The summed E-state index contributed by atoms with van der Waals surface area (Å²) in [6.07, 6.45) is 0.159. The van der Waals surface area contributed by atoms with Crippen molar-refractivity contribution in [1.29, 1.82) is 0 Å². The molecule has 24 heavy (non-hydrogen) atoms. The van der Waals surface area contributed by atoms with Crippen LogP contribution in [-0.2, 0) is 11.2 Å². The summed E-state index contributed by atoms with van der Waals surface area (Å²) in [4.78, 5) is 15.6. The first kappa shape index (κ1) is 16.1. The van der Waals surface area contributed by atoms with Gasteiger partial charge in [-0.05, 0) is 55.3 Å². The Hall–Kier alpha value is -2.82. The van der Waals surface area contributed by atoms with Crippen LogP contribution in [0.25, 0.3) is 10.9 Å². The van der Waals surface area contributed by atoms with E-state index in [-0.39, 0.29) is 18.1 Å². The number of H-pyrrole nitrogens is 1. The summed E-state index contributed by atoms with van der Waals surface area (Å²) in [5, 5.41) is 3.60. The molecule has 1 heterocycles. The lowest BCUT2D eigenvalue weighted by molar-refractivity contribution is -0.115. The molecule has 2 aromatic carbocycles. The third-order valence-electron chi connectivity index (χ3n) is 4.05. The molecule has 3 rings (SSSR count). The van der Waals surface area contributed by atoms with Gasteiger partial charge in [0.25, 0.3) is 0 Å². The highest BCUT2D eigenvalue weighted by Gasteiger charge is 2.14. The van der Waals surface area contributed by atoms with Gasteiger partial charge in [0.2, 0.25) is 5.91 Å². The molecule has 0 saturated heterocycles. The molecule has 0 aliphatic heterocycles. The topological polar surface area (TPSA) is 54.1 Å². The zero-order valence-corrected chi connectivity index (χ0v) is 13.9. The molecular formula is C19H19FN2O2. The Kier molecular flexibility index (Phi) is 4.25. The van der Waals surface area contributed by atoms with E-state index in [0.29, 0.717) is 11.4 Å². The SMILES string of the molecule is COc1cc(C)ccc1NC(=O)Cc1c(C)[nH]c2ccc(F)cc12. The van der Waals surface area contributed by atoms with E-state index < -0.39 is 0 Å². The number of aromatic nitrogens is 1. The van der Waals surface area contributed by atoms with Crippen molar-refractivity contribution >= 4 is 22.5 Å². The third-order valence-corrected chi connectivity index (χ3v) is 4.05. The summed E-state index contributed by atoms with van der Waals surface area (Å²) in [6.45, 7) is 3.84. The fourth-order valence-electron chi connectivity index (χ4n) is 2.84. The molecule has 0 saturated carbocycles. The van der Waals surface area contributed by atoms with Gasteiger partial charge < -0.3 is 15.0 Å². The van der Waals surface area contributed by atoms with Gasteiger partial charge in [0.1, 0.15) is 11.6 Å². The van der Waals surface area contributed by atoms with Crippen molar-refractivity contribution in [3.8, 4) is 5.75 Å². The van der Waals surface area contributed by atoms with Crippen LogP contribution in [-0.4, -0.2) is 18.0 Å². The highest BCUT2D eigenvalue weighted by Crippen LogP contribution is 2.27. The van der Waals surface area contributed by atoms with E-state index in [4.69, 9.17) is 4.74 Å². The predicted molar refractivity (Wildman–Crippen MR) is 93.1 cm³/mol. The molecule has 0 aliphatic rings. The summed E-state index contributed by atoms with van der Waals surface area (Å²) in [5.41, 5.74) is 4.16. The van der Waals surface area contributed by atoms with Gasteiger partial charge >= 0.3 is 0 Å². The van der Waals surface area contributed by atoms with Crippen LogP contribution in [0.15, 0.2) is 36.4 Å². The number of rotatable bonds is 4. The number of hydrogen-bond donors (Lipinski definition) is 2. The number of carbonyl (C=O) groups is 1. The molecule has 0 atom stereocenters. The number of aromatic amines is 1. The second-order valence-electron chi connectivity index (χ2n) is 5.85. The summed E-state index contributed by atoms with van der Waals surface area (Å²) in [5.74, 6) is 0.124. The van der Waals surface area contributed by atoms with E-state index in [0.717, 1.165) is 27.7 Å². The average Bonchev–Trinajstić information content (AvgIpc) is 2.84. The minimum Gasteiger partial charge on any atom is -0.495 e. The maximum Gasteiger partial charge on any atom is 0.228 e. The molecule has 3 aromatic rings. The lowest BCUT2D eigenvalue weighted by Gasteiger charge is -2.11. The normalized spacial score (nSPS) is 10.8. The van der Waals surface area contributed by atoms with Crippen LogP contribution in [0.4, 0.5) is 10.1 Å². The summed E-state index contributed by atoms with van der Waals surface area (Å²) in [7, 11) is 1.57. The Bertz CT molecular complexity index is 915. The molecule has 1 aromatic heterocycles. The Labute approximate surface area is 139 Å². The molecule has 0 spiro atoms. The monoisotopic (exact) mass is 326 g/mol. The van der Waals surface area contributed by atoms with Crippen LogP contribution in [0, 0.1) is 19.7 Å². The van der Waals surface area contributed by atoms with E-state index in [9.17, 15) is 9.18 Å². The number of amides is 1. The highest BCUT2D eigenvalue weighted by molar-refractivity contribution is 5.97. The van der Waals surface area contributed by atoms with Crippen molar-refractivity contribution in [2.24, 2.45) is 0 Å². The first-order valence-electron chi connectivity index (χ1n) is 7.69. The fourth-order valence-corrected chi connectivity index (χ4v) is 2.84. The molecule has 5 heteroatoms. The van der Waals surface area contributed by atoms with Gasteiger partial charge in [-0.15, -0.1) is 0 Å². The molecule has 0 bridgehead atoms. The molecule has 0 unspecified atom stereocenters. The van der Waals surface area contributed by atoms with Crippen molar-refractivity contribution in [3.63, 3.8) is 0 Å². The number of halogens is 1. The van der Waals surface area contributed by atoms with Gasteiger partial charge in [-0.25, -0.2) is 4.39 Å². The van der Waals surface area contributed by atoms with Crippen LogP contribution in [0.5, 0.6) is 5.75 Å². The molecule has 124 valence electrons. The van der Waals surface area contributed by atoms with Gasteiger partial charge in [0.15, 0.2) is 0 Å². The number of aryl methyl sites for hydroxylation is 2. The second-order valence-corrected chi connectivity index (χ2v) is 5.85. The standard InChI is InChI=1S/C19H19FN2O2/c1-11-4-6-17(18(8-11)24-3)22-19(23)10-14-12(2)21-16-7-5-13(20)9-15(14)16/h4-9,21H,10H2,1-3H3,(H,22,23). The van der Waals surface area contributed by atoms with Crippen LogP contribution < -0.4 is 10.1 Å². The number of anilines is 1. The minimum atomic E-state index is -0.316. The number of hydrogen-bond acceptors (Lipinski definition) is 2. The van der Waals surface area contributed by atoms with Crippen LogP contribution in [0.3, 0.4) is 0 Å². The Morgan fingerprint density at radius 2 is 2.00 bits per heavy atom. The lowest BCUT2D eigenvalue weighted by atomic mass is 10.1. The third kappa shape index (κ3) is 3.11. The van der Waals surface area contributed by atoms with E-state index in [1.165, 1.54) is 12.1 Å². The van der Waals surface area contributed by atoms with Crippen molar-refractivity contribution in [1.82, 2.24) is 4.98 Å². The van der Waals surface area contributed by atoms with E-state index in [1.54, 1.807) is 13.2 Å². The first-order valence-corrected chi connectivity index (χ1v) is 7.69. The van der Waals surface area contributed by atoms with Crippen LogP contribution in [0.2, 0.25) is 0 Å². The zero-order valence-electron chi connectivity index (χ0n) is 13.9. The molecule has 1 amide bonds. The van der Waals surface area contributed by atoms with E-state index in [2.05, 4.69) is 10.3 Å². The first-order chi connectivity index (χ1) is 11.5. The van der Waals surface area contributed by atoms with Gasteiger partial charge in [-0.1, -0.05) is 6.07 Å². The van der Waals surface area contributed by atoms with Crippen molar-refractivity contribution in [2.45, 2.75) is 20.3 Å². The maximum absolute atomic E-state index is 13.5. The minimum absolute atomic E-state index is 0.159. The largest absolute Gasteiger partial charge is 0.495 e. The molecule has 0 fully saturated rings. The molecule has 2 N–H and O–H groups in total. The van der Waals surface area contributed by atoms with Crippen LogP contribution >= 0.6 is 0 Å². The Morgan fingerprint density at radius 3 is 2.75 bits per heavy atom. The fraction of sp³-hybridized carbons (Fsp3) is 0.211. The van der Waals surface area contributed by atoms with Crippen molar-refractivity contribution < 1.29 is 13.9 Å².